The van der Waals surface area contributed by atoms with Crippen LogP contribution in [0, 0.1) is 5.92 Å². The van der Waals surface area contributed by atoms with Crippen LogP contribution in [0.4, 0.5) is 5.69 Å². The zero-order valence-corrected chi connectivity index (χ0v) is 12.8. The summed E-state index contributed by atoms with van der Waals surface area (Å²) in [7, 11) is 0. The zero-order chi connectivity index (χ0) is 14.8. The average Bonchev–Trinajstić information content (AvgIpc) is 2.84. The lowest BCUT2D eigenvalue weighted by molar-refractivity contribution is 0.233. The van der Waals surface area contributed by atoms with E-state index in [0.717, 1.165) is 44.1 Å². The monoisotopic (exact) mass is 285 g/mol. The van der Waals surface area contributed by atoms with Gasteiger partial charge in [-0.25, -0.2) is 9.67 Å². The Hall–Kier alpha value is -1.88. The molecule has 1 aromatic carbocycles. The standard InChI is InChI=1S/C16H23N5/c1-12(2)8-21-16(18-11-19-21)10-20-6-5-13-3-4-15(17)7-14(13)9-20/h3-4,7,11-12H,5-6,8-10,17H2,1-2H3. The summed E-state index contributed by atoms with van der Waals surface area (Å²) in [5.41, 5.74) is 9.51. The summed E-state index contributed by atoms with van der Waals surface area (Å²) >= 11 is 0. The van der Waals surface area contributed by atoms with E-state index >= 15 is 0 Å². The van der Waals surface area contributed by atoms with Gasteiger partial charge in [0.05, 0.1) is 6.54 Å². The van der Waals surface area contributed by atoms with Crippen molar-refractivity contribution in [2.75, 3.05) is 12.3 Å². The quantitative estimate of drug-likeness (QED) is 0.874. The summed E-state index contributed by atoms with van der Waals surface area (Å²) in [5.74, 6) is 1.63. The van der Waals surface area contributed by atoms with Gasteiger partial charge in [-0.15, -0.1) is 0 Å². The van der Waals surface area contributed by atoms with Crippen molar-refractivity contribution in [2.45, 2.75) is 39.9 Å². The molecule has 0 spiro atoms. The summed E-state index contributed by atoms with van der Waals surface area (Å²) in [4.78, 5) is 6.84. The van der Waals surface area contributed by atoms with Gasteiger partial charge in [0.15, 0.2) is 0 Å². The number of hydrogen-bond acceptors (Lipinski definition) is 4. The summed E-state index contributed by atoms with van der Waals surface area (Å²) in [6.07, 6.45) is 2.74. The van der Waals surface area contributed by atoms with Gasteiger partial charge < -0.3 is 5.73 Å². The van der Waals surface area contributed by atoms with Crippen molar-refractivity contribution in [3.63, 3.8) is 0 Å². The maximum absolute atomic E-state index is 5.90. The first-order chi connectivity index (χ1) is 10.1. The molecule has 2 N–H and O–H groups in total. The second kappa shape index (κ2) is 5.85. The minimum atomic E-state index is 0.576. The Labute approximate surface area is 125 Å². The SMILES string of the molecule is CC(C)Cn1ncnc1CN1CCc2ccc(N)cc2C1. The van der Waals surface area contributed by atoms with E-state index in [1.807, 2.05) is 10.7 Å². The molecule has 1 aliphatic rings. The summed E-state index contributed by atoms with van der Waals surface area (Å²) in [5, 5.41) is 4.34. The van der Waals surface area contributed by atoms with Gasteiger partial charge in [-0.3, -0.25) is 4.90 Å². The molecule has 0 radical (unpaired) electrons. The number of rotatable bonds is 4. The third-order valence-electron chi connectivity index (χ3n) is 3.92. The highest BCUT2D eigenvalue weighted by Crippen LogP contribution is 2.22. The first-order valence-electron chi connectivity index (χ1n) is 7.58. The Kier molecular flexibility index (Phi) is 3.92. The van der Waals surface area contributed by atoms with Crippen LogP contribution >= 0.6 is 0 Å². The molecule has 0 unspecified atom stereocenters. The maximum Gasteiger partial charge on any atom is 0.141 e. The molecule has 5 nitrogen and oxygen atoms in total. The number of anilines is 1. The predicted molar refractivity (Wildman–Crippen MR) is 83.5 cm³/mol. The number of nitrogens with zero attached hydrogens (tertiary/aromatic N) is 4. The van der Waals surface area contributed by atoms with Crippen molar-refractivity contribution in [3.05, 3.63) is 41.5 Å². The van der Waals surface area contributed by atoms with Crippen LogP contribution in [0.25, 0.3) is 0 Å². The van der Waals surface area contributed by atoms with Crippen LogP contribution in [-0.2, 0) is 26.1 Å². The zero-order valence-electron chi connectivity index (χ0n) is 12.8. The molecule has 0 aliphatic carbocycles. The minimum absolute atomic E-state index is 0.576. The minimum Gasteiger partial charge on any atom is -0.399 e. The van der Waals surface area contributed by atoms with E-state index in [1.165, 1.54) is 11.1 Å². The molecule has 0 amide bonds. The second-order valence-corrected chi connectivity index (χ2v) is 6.24. The Bertz CT molecular complexity index is 617. The molecule has 112 valence electrons. The van der Waals surface area contributed by atoms with Crippen LogP contribution in [0.1, 0.15) is 30.8 Å². The highest BCUT2D eigenvalue weighted by molar-refractivity contribution is 5.45. The maximum atomic E-state index is 5.90. The number of hydrogen-bond donors (Lipinski definition) is 1. The molecule has 0 saturated carbocycles. The normalized spacial score (nSPS) is 15.4. The summed E-state index contributed by atoms with van der Waals surface area (Å²) < 4.78 is 2.03. The fourth-order valence-corrected chi connectivity index (χ4v) is 2.88. The van der Waals surface area contributed by atoms with E-state index in [2.05, 4.69) is 41.0 Å². The Morgan fingerprint density at radius 1 is 1.29 bits per heavy atom. The topological polar surface area (TPSA) is 60.0 Å². The van der Waals surface area contributed by atoms with Crippen LogP contribution in [0.15, 0.2) is 24.5 Å². The highest BCUT2D eigenvalue weighted by atomic mass is 15.3. The van der Waals surface area contributed by atoms with E-state index in [9.17, 15) is 0 Å². The van der Waals surface area contributed by atoms with E-state index in [-0.39, 0.29) is 0 Å². The fraction of sp³-hybridized carbons (Fsp3) is 0.500. The average molecular weight is 285 g/mol. The first kappa shape index (κ1) is 14.1. The number of benzene rings is 1. The van der Waals surface area contributed by atoms with Crippen LogP contribution in [-0.4, -0.2) is 26.2 Å². The molecule has 1 aliphatic heterocycles. The van der Waals surface area contributed by atoms with Crippen molar-refractivity contribution in [3.8, 4) is 0 Å². The van der Waals surface area contributed by atoms with Crippen LogP contribution < -0.4 is 5.73 Å². The van der Waals surface area contributed by atoms with E-state index in [0.29, 0.717) is 5.92 Å². The molecule has 5 heteroatoms. The Balaban J connectivity index is 1.71. The largest absolute Gasteiger partial charge is 0.399 e. The van der Waals surface area contributed by atoms with Gasteiger partial charge in [-0.05, 0) is 35.6 Å². The number of nitrogens with two attached hydrogens (primary N) is 1. The van der Waals surface area contributed by atoms with Crippen molar-refractivity contribution in [1.29, 1.82) is 0 Å². The van der Waals surface area contributed by atoms with Gasteiger partial charge in [0, 0.05) is 25.3 Å². The lowest BCUT2D eigenvalue weighted by atomic mass is 9.99. The molecular weight excluding hydrogens is 262 g/mol. The molecule has 0 atom stereocenters. The Morgan fingerprint density at radius 3 is 2.95 bits per heavy atom. The highest BCUT2D eigenvalue weighted by Gasteiger charge is 2.18. The molecule has 0 fully saturated rings. The molecule has 2 heterocycles. The lowest BCUT2D eigenvalue weighted by Gasteiger charge is -2.28. The third-order valence-corrected chi connectivity index (χ3v) is 3.92. The van der Waals surface area contributed by atoms with E-state index < -0.39 is 0 Å². The molecule has 3 rings (SSSR count). The first-order valence-corrected chi connectivity index (χ1v) is 7.58. The molecule has 0 saturated heterocycles. The fourth-order valence-electron chi connectivity index (χ4n) is 2.88. The van der Waals surface area contributed by atoms with Gasteiger partial charge in [0.2, 0.25) is 0 Å². The van der Waals surface area contributed by atoms with Gasteiger partial charge >= 0.3 is 0 Å². The molecule has 0 bridgehead atoms. The Morgan fingerprint density at radius 2 is 2.14 bits per heavy atom. The predicted octanol–water partition coefficient (Wildman–Crippen LogP) is 2.07. The van der Waals surface area contributed by atoms with Gasteiger partial charge in [0.1, 0.15) is 12.2 Å². The molecule has 21 heavy (non-hydrogen) atoms. The smallest absolute Gasteiger partial charge is 0.141 e. The summed E-state index contributed by atoms with van der Waals surface area (Å²) in [6.45, 7) is 8.17. The van der Waals surface area contributed by atoms with Crippen molar-refractivity contribution >= 4 is 5.69 Å². The van der Waals surface area contributed by atoms with E-state index in [1.54, 1.807) is 6.33 Å². The van der Waals surface area contributed by atoms with Crippen LogP contribution in [0.5, 0.6) is 0 Å². The van der Waals surface area contributed by atoms with Crippen molar-refractivity contribution in [1.82, 2.24) is 19.7 Å². The number of fused-ring (bicyclic) bond motifs is 1. The third kappa shape index (κ3) is 3.24. The van der Waals surface area contributed by atoms with Crippen LogP contribution in [0.3, 0.4) is 0 Å². The number of nitrogen functional groups attached to an aromatic ring is 1. The van der Waals surface area contributed by atoms with Crippen molar-refractivity contribution < 1.29 is 0 Å². The van der Waals surface area contributed by atoms with Gasteiger partial charge in [-0.1, -0.05) is 19.9 Å². The molecular formula is C16H23N5. The lowest BCUT2D eigenvalue weighted by Crippen LogP contribution is -2.31. The van der Waals surface area contributed by atoms with Crippen LogP contribution in [0.2, 0.25) is 0 Å². The number of aromatic nitrogens is 3. The molecule has 1 aromatic heterocycles. The van der Waals surface area contributed by atoms with Gasteiger partial charge in [0.25, 0.3) is 0 Å². The second-order valence-electron chi connectivity index (χ2n) is 6.24. The summed E-state index contributed by atoms with van der Waals surface area (Å²) in [6, 6.07) is 6.25. The van der Waals surface area contributed by atoms with Gasteiger partial charge in [-0.2, -0.15) is 5.10 Å². The van der Waals surface area contributed by atoms with Crippen molar-refractivity contribution in [2.24, 2.45) is 5.92 Å². The van der Waals surface area contributed by atoms with E-state index in [4.69, 9.17) is 5.73 Å². The molecule has 2 aromatic rings.